The van der Waals surface area contributed by atoms with Gasteiger partial charge in [-0.05, 0) is 38.4 Å². The number of ether oxygens (including phenoxy) is 1. The lowest BCUT2D eigenvalue weighted by atomic mass is 10.1. The first-order valence-electron chi connectivity index (χ1n) is 10.1. The molecule has 0 amide bonds. The van der Waals surface area contributed by atoms with E-state index in [0.29, 0.717) is 6.10 Å². The van der Waals surface area contributed by atoms with Gasteiger partial charge in [0.2, 0.25) is 0 Å². The molecule has 2 fully saturated rings. The fourth-order valence-corrected chi connectivity index (χ4v) is 3.43. The summed E-state index contributed by atoms with van der Waals surface area (Å²) >= 11 is 0. The number of hydrogen-bond donors (Lipinski definition) is 1. The molecule has 1 aromatic carbocycles. The summed E-state index contributed by atoms with van der Waals surface area (Å²) in [6.07, 6.45) is 2.83. The molecule has 0 bridgehead atoms. The van der Waals surface area contributed by atoms with Crippen LogP contribution in [0.3, 0.4) is 0 Å². The molecule has 0 aliphatic carbocycles. The lowest BCUT2D eigenvalue weighted by Crippen LogP contribution is -2.47. The molecule has 3 rings (SSSR count). The third-order valence-corrected chi connectivity index (χ3v) is 5.04. The average Bonchev–Trinajstić information content (AvgIpc) is 2.67. The van der Waals surface area contributed by atoms with Gasteiger partial charge in [-0.1, -0.05) is 43.7 Å². The highest BCUT2D eigenvalue weighted by Crippen LogP contribution is 2.11. The molecule has 4 heteroatoms. The Labute approximate surface area is 154 Å². The first-order chi connectivity index (χ1) is 12.3. The summed E-state index contributed by atoms with van der Waals surface area (Å²) in [5, 5.41) is 3.39. The molecule has 0 aromatic heterocycles. The van der Waals surface area contributed by atoms with Crippen LogP contribution in [-0.4, -0.2) is 68.3 Å². The van der Waals surface area contributed by atoms with Gasteiger partial charge in [-0.15, -0.1) is 0 Å². The topological polar surface area (TPSA) is 27.7 Å². The maximum absolute atomic E-state index is 6.02. The third kappa shape index (κ3) is 7.45. The van der Waals surface area contributed by atoms with Crippen molar-refractivity contribution in [2.24, 2.45) is 0 Å². The minimum atomic E-state index is 0.485. The summed E-state index contributed by atoms with van der Waals surface area (Å²) in [7, 11) is 0. The van der Waals surface area contributed by atoms with Crippen molar-refractivity contribution in [3.05, 3.63) is 35.4 Å². The van der Waals surface area contributed by atoms with Gasteiger partial charge in [0.1, 0.15) is 0 Å². The number of aryl methyl sites for hydroxylation is 1. The summed E-state index contributed by atoms with van der Waals surface area (Å²) in [6.45, 7) is 16.1. The van der Waals surface area contributed by atoms with Gasteiger partial charge in [0.25, 0.3) is 0 Å². The highest BCUT2D eigenvalue weighted by Gasteiger charge is 2.18. The van der Waals surface area contributed by atoms with E-state index < -0.39 is 0 Å². The van der Waals surface area contributed by atoms with E-state index in [1.807, 2.05) is 13.8 Å². The van der Waals surface area contributed by atoms with Crippen molar-refractivity contribution in [1.82, 2.24) is 15.1 Å². The minimum Gasteiger partial charge on any atom is -0.377 e. The zero-order valence-corrected chi connectivity index (χ0v) is 16.5. The van der Waals surface area contributed by atoms with Crippen LogP contribution in [0, 0.1) is 6.92 Å². The van der Waals surface area contributed by atoms with Crippen molar-refractivity contribution in [1.29, 1.82) is 0 Å². The number of piperazine rings is 1. The van der Waals surface area contributed by atoms with Crippen LogP contribution in [0.25, 0.3) is 0 Å². The van der Waals surface area contributed by atoms with Crippen molar-refractivity contribution in [2.45, 2.75) is 46.3 Å². The molecule has 2 saturated heterocycles. The number of benzene rings is 1. The van der Waals surface area contributed by atoms with Crippen LogP contribution in [0.1, 0.15) is 37.8 Å². The minimum absolute atomic E-state index is 0.485. The second-order valence-electron chi connectivity index (χ2n) is 6.92. The molecule has 2 heterocycles. The van der Waals surface area contributed by atoms with Crippen LogP contribution in [0.4, 0.5) is 0 Å². The molecule has 25 heavy (non-hydrogen) atoms. The Morgan fingerprint density at radius 1 is 0.960 bits per heavy atom. The summed E-state index contributed by atoms with van der Waals surface area (Å²) in [5.41, 5.74) is 2.77. The summed E-state index contributed by atoms with van der Waals surface area (Å²) in [4.78, 5) is 5.11. The predicted molar refractivity (Wildman–Crippen MR) is 106 cm³/mol. The summed E-state index contributed by atoms with van der Waals surface area (Å²) in [5.74, 6) is 0. The van der Waals surface area contributed by atoms with E-state index in [1.54, 1.807) is 0 Å². The summed E-state index contributed by atoms with van der Waals surface area (Å²) in [6, 6.07) is 8.94. The monoisotopic (exact) mass is 347 g/mol. The van der Waals surface area contributed by atoms with Crippen molar-refractivity contribution >= 4 is 0 Å². The average molecular weight is 348 g/mol. The maximum atomic E-state index is 6.02. The van der Waals surface area contributed by atoms with Gasteiger partial charge in [0, 0.05) is 39.3 Å². The van der Waals surface area contributed by atoms with Crippen molar-refractivity contribution < 1.29 is 4.74 Å². The zero-order valence-electron chi connectivity index (χ0n) is 16.5. The summed E-state index contributed by atoms with van der Waals surface area (Å²) < 4.78 is 6.02. The number of piperidine rings is 1. The first-order valence-corrected chi connectivity index (χ1v) is 10.1. The van der Waals surface area contributed by atoms with Crippen LogP contribution in [0.2, 0.25) is 0 Å². The number of nitrogens with one attached hydrogen (secondary N) is 1. The number of hydrogen-bond acceptors (Lipinski definition) is 4. The molecule has 0 spiro atoms. The Hall–Kier alpha value is -0.940. The molecule has 1 aromatic rings. The Morgan fingerprint density at radius 2 is 1.56 bits per heavy atom. The number of rotatable bonds is 6. The maximum Gasteiger partial charge on any atom is 0.0600 e. The van der Waals surface area contributed by atoms with Crippen LogP contribution >= 0.6 is 0 Å². The van der Waals surface area contributed by atoms with E-state index in [2.05, 4.69) is 46.3 Å². The van der Waals surface area contributed by atoms with Gasteiger partial charge in [0.05, 0.1) is 12.7 Å². The molecule has 2 aliphatic heterocycles. The molecular weight excluding hydrogens is 310 g/mol. The molecule has 0 saturated carbocycles. The number of nitrogens with zero attached hydrogens (tertiary/aromatic N) is 2. The third-order valence-electron chi connectivity index (χ3n) is 5.04. The van der Waals surface area contributed by atoms with Gasteiger partial charge in [0.15, 0.2) is 0 Å². The van der Waals surface area contributed by atoms with E-state index in [1.165, 1.54) is 50.1 Å². The molecule has 2 aliphatic rings. The Kier molecular flexibility index (Phi) is 9.48. The molecule has 142 valence electrons. The van der Waals surface area contributed by atoms with E-state index in [9.17, 15) is 0 Å². The van der Waals surface area contributed by atoms with E-state index in [-0.39, 0.29) is 0 Å². The Morgan fingerprint density at radius 3 is 2.20 bits per heavy atom. The predicted octanol–water partition coefficient (Wildman–Crippen LogP) is 2.91. The Bertz CT molecular complexity index is 449. The lowest BCUT2D eigenvalue weighted by Gasteiger charge is -2.35. The van der Waals surface area contributed by atoms with E-state index in [0.717, 1.165) is 32.8 Å². The van der Waals surface area contributed by atoms with E-state index in [4.69, 9.17) is 4.74 Å². The van der Waals surface area contributed by atoms with Gasteiger partial charge in [-0.2, -0.15) is 0 Å². The first kappa shape index (κ1) is 20.4. The van der Waals surface area contributed by atoms with E-state index >= 15 is 0 Å². The van der Waals surface area contributed by atoms with Gasteiger partial charge in [-0.25, -0.2) is 0 Å². The van der Waals surface area contributed by atoms with Crippen LogP contribution < -0.4 is 5.32 Å². The Balaban J connectivity index is 0.00000109. The quantitative estimate of drug-likeness (QED) is 0.856. The lowest BCUT2D eigenvalue weighted by molar-refractivity contribution is 0.0123. The normalized spacial score (nSPS) is 20.1. The highest BCUT2D eigenvalue weighted by atomic mass is 16.5. The molecule has 4 nitrogen and oxygen atoms in total. The van der Waals surface area contributed by atoms with Crippen LogP contribution in [-0.2, 0) is 11.3 Å². The largest absolute Gasteiger partial charge is 0.377 e. The second kappa shape index (κ2) is 11.6. The van der Waals surface area contributed by atoms with Crippen molar-refractivity contribution in [2.75, 3.05) is 52.4 Å². The van der Waals surface area contributed by atoms with Gasteiger partial charge >= 0.3 is 0 Å². The van der Waals surface area contributed by atoms with Crippen LogP contribution in [0.15, 0.2) is 24.3 Å². The van der Waals surface area contributed by atoms with Gasteiger partial charge < -0.3 is 10.1 Å². The van der Waals surface area contributed by atoms with Crippen molar-refractivity contribution in [3.63, 3.8) is 0 Å². The molecule has 0 atom stereocenters. The van der Waals surface area contributed by atoms with Crippen LogP contribution in [0.5, 0.6) is 0 Å². The fourth-order valence-electron chi connectivity index (χ4n) is 3.43. The smallest absolute Gasteiger partial charge is 0.0600 e. The SMILES string of the molecule is CC.Cc1ccc(CN2CCN(CCOC3CCNCC3)CC2)cc1. The second-order valence-corrected chi connectivity index (χ2v) is 6.92. The molecule has 1 N–H and O–H groups in total. The molecule has 0 unspecified atom stereocenters. The molecular formula is C21H37N3O. The van der Waals surface area contributed by atoms with Gasteiger partial charge in [-0.3, -0.25) is 9.80 Å². The fraction of sp³-hybridized carbons (Fsp3) is 0.714. The molecule has 0 radical (unpaired) electrons. The standard InChI is InChI=1S/C19H31N3O.C2H6/c1-17-2-4-18(5-3-17)16-22-12-10-21(11-13-22)14-15-23-19-6-8-20-9-7-19;1-2/h2-5,19-20H,6-16H2,1H3;1-2H3. The highest BCUT2D eigenvalue weighted by molar-refractivity contribution is 5.21. The van der Waals surface area contributed by atoms with Crippen molar-refractivity contribution in [3.8, 4) is 0 Å². The zero-order chi connectivity index (χ0) is 17.9.